The van der Waals surface area contributed by atoms with E-state index in [0.717, 1.165) is 23.1 Å². The van der Waals surface area contributed by atoms with Crippen LogP contribution in [0.25, 0.3) is 11.2 Å². The lowest BCUT2D eigenvalue weighted by Crippen LogP contribution is -2.23. The molecule has 5 rings (SSSR count). The number of halogens is 1. The molecule has 1 fully saturated rings. The second kappa shape index (κ2) is 9.93. The number of hydrogen-bond acceptors (Lipinski definition) is 6. The summed E-state index contributed by atoms with van der Waals surface area (Å²) in [6.07, 6.45) is 2.38. The van der Waals surface area contributed by atoms with Gasteiger partial charge < -0.3 is 19.8 Å². The molecule has 0 bridgehead atoms. The van der Waals surface area contributed by atoms with Gasteiger partial charge in [-0.1, -0.05) is 78.8 Å². The average molecular weight is 476 g/mol. The molecule has 0 spiro atoms. The summed E-state index contributed by atoms with van der Waals surface area (Å²) in [7, 11) is 0. The number of ether oxygens (including phenoxy) is 2. The van der Waals surface area contributed by atoms with Crippen molar-refractivity contribution in [1.29, 1.82) is 0 Å². The van der Waals surface area contributed by atoms with Gasteiger partial charge >= 0.3 is 0 Å². The molecule has 2 heterocycles. The molecule has 1 aliphatic rings. The fourth-order valence-electron chi connectivity index (χ4n) is 4.49. The minimum atomic E-state index is -0.0689. The Balaban J connectivity index is 1.37. The molecule has 1 saturated carbocycles. The Labute approximate surface area is 203 Å². The second-order valence-electron chi connectivity index (χ2n) is 8.47. The van der Waals surface area contributed by atoms with Crippen LogP contribution in [0.5, 0.6) is 0 Å². The Morgan fingerprint density at radius 2 is 1.68 bits per heavy atom. The molecule has 8 heteroatoms. The van der Waals surface area contributed by atoms with E-state index in [4.69, 9.17) is 26.8 Å². The van der Waals surface area contributed by atoms with Gasteiger partial charge in [0.2, 0.25) is 5.95 Å². The predicted molar refractivity (Wildman–Crippen MR) is 132 cm³/mol. The van der Waals surface area contributed by atoms with Crippen molar-refractivity contribution in [3.05, 3.63) is 95.4 Å². The van der Waals surface area contributed by atoms with Crippen molar-refractivity contribution < 1.29 is 9.47 Å². The van der Waals surface area contributed by atoms with Gasteiger partial charge in [-0.25, -0.2) is 4.98 Å². The third-order valence-corrected chi connectivity index (χ3v) is 6.52. The monoisotopic (exact) mass is 475 g/mol. The summed E-state index contributed by atoms with van der Waals surface area (Å²) >= 11 is 6.25. The number of anilines is 1. The largest absolute Gasteiger partial charge is 0.376 e. The first-order valence-corrected chi connectivity index (χ1v) is 11.6. The lowest BCUT2D eigenvalue weighted by atomic mass is 10.0. The van der Waals surface area contributed by atoms with Crippen LogP contribution in [0.2, 0.25) is 5.15 Å². The molecule has 7 nitrogen and oxygen atoms in total. The van der Waals surface area contributed by atoms with Crippen LogP contribution in [0.3, 0.4) is 0 Å². The molecule has 34 heavy (non-hydrogen) atoms. The Morgan fingerprint density at radius 3 is 2.38 bits per heavy atom. The van der Waals surface area contributed by atoms with E-state index in [1.165, 1.54) is 0 Å². The number of benzene rings is 2. The summed E-state index contributed by atoms with van der Waals surface area (Å²) in [5, 5.41) is 0.240. The molecule has 0 radical (unpaired) electrons. The number of fused-ring (bicyclic) bond motifs is 1. The molecule has 2 N–H and O–H groups in total. The molecular weight excluding hydrogens is 450 g/mol. The SMILES string of the molecule is C=C1[C@H](COCc2ccccc2)[C@@H](OCc2ccccc2)C[C@@H]1n1cnc2c(Cl)nc(N)nc21. The van der Waals surface area contributed by atoms with Crippen LogP contribution in [0.15, 0.2) is 79.1 Å². The molecule has 1 aliphatic carbocycles. The van der Waals surface area contributed by atoms with E-state index >= 15 is 0 Å². The summed E-state index contributed by atoms with van der Waals surface area (Å²) in [4.78, 5) is 12.8. The van der Waals surface area contributed by atoms with Gasteiger partial charge in [0, 0.05) is 5.92 Å². The zero-order chi connectivity index (χ0) is 23.5. The van der Waals surface area contributed by atoms with Crippen LogP contribution < -0.4 is 5.73 Å². The molecule has 174 valence electrons. The lowest BCUT2D eigenvalue weighted by Gasteiger charge is -2.21. The first-order chi connectivity index (χ1) is 16.6. The van der Waals surface area contributed by atoms with Gasteiger partial charge in [-0.2, -0.15) is 9.97 Å². The van der Waals surface area contributed by atoms with Gasteiger partial charge in [-0.05, 0) is 23.1 Å². The molecule has 3 atom stereocenters. The summed E-state index contributed by atoms with van der Waals surface area (Å²) in [6, 6.07) is 20.2. The van der Waals surface area contributed by atoms with Crippen molar-refractivity contribution >= 4 is 28.7 Å². The predicted octanol–water partition coefficient (Wildman–Crippen LogP) is 4.98. The van der Waals surface area contributed by atoms with Crippen LogP contribution in [-0.4, -0.2) is 32.2 Å². The summed E-state index contributed by atoms with van der Waals surface area (Å²) < 4.78 is 14.5. The molecule has 2 aromatic carbocycles. The molecule has 4 aromatic rings. The van der Waals surface area contributed by atoms with Gasteiger partial charge in [0.05, 0.1) is 38.3 Å². The number of hydrogen-bond donors (Lipinski definition) is 1. The highest BCUT2D eigenvalue weighted by molar-refractivity contribution is 6.33. The van der Waals surface area contributed by atoms with E-state index < -0.39 is 0 Å². The first kappa shape index (κ1) is 22.5. The maximum Gasteiger partial charge on any atom is 0.223 e. The summed E-state index contributed by atoms with van der Waals surface area (Å²) in [5.74, 6) is 0.131. The topological polar surface area (TPSA) is 88.1 Å². The van der Waals surface area contributed by atoms with Crippen LogP contribution in [-0.2, 0) is 22.7 Å². The highest BCUT2D eigenvalue weighted by Crippen LogP contribution is 2.42. The van der Waals surface area contributed by atoms with Crippen LogP contribution in [0, 0.1) is 5.92 Å². The maximum atomic E-state index is 6.40. The van der Waals surface area contributed by atoms with E-state index in [2.05, 4.69) is 45.8 Å². The number of nitrogens with two attached hydrogens (primary N) is 1. The average Bonchev–Trinajstić information content (AvgIpc) is 3.40. The number of imidazole rings is 1. The lowest BCUT2D eigenvalue weighted by molar-refractivity contribution is -0.0122. The minimum Gasteiger partial charge on any atom is -0.376 e. The Bertz CT molecular complexity index is 1280. The van der Waals surface area contributed by atoms with Crippen molar-refractivity contribution in [1.82, 2.24) is 19.5 Å². The molecule has 0 amide bonds. The van der Waals surface area contributed by atoms with Crippen molar-refractivity contribution in [2.75, 3.05) is 12.3 Å². The summed E-state index contributed by atoms with van der Waals surface area (Å²) in [6.45, 7) is 6.00. The third-order valence-electron chi connectivity index (χ3n) is 6.26. The smallest absolute Gasteiger partial charge is 0.223 e. The van der Waals surface area contributed by atoms with Crippen LogP contribution in [0.1, 0.15) is 23.6 Å². The second-order valence-corrected chi connectivity index (χ2v) is 8.82. The Hall–Kier alpha value is -3.26. The van der Waals surface area contributed by atoms with E-state index in [9.17, 15) is 0 Å². The quantitative estimate of drug-likeness (QED) is 0.285. The molecule has 0 saturated heterocycles. The van der Waals surface area contributed by atoms with E-state index in [1.54, 1.807) is 6.33 Å². The minimum absolute atomic E-state index is 0.0181. The number of nitrogens with zero attached hydrogens (tertiary/aromatic N) is 4. The molecule has 2 aromatic heterocycles. The maximum absolute atomic E-state index is 6.40. The Kier molecular flexibility index (Phi) is 6.58. The van der Waals surface area contributed by atoms with Gasteiger partial charge in [-0.15, -0.1) is 0 Å². The van der Waals surface area contributed by atoms with Gasteiger partial charge in [0.1, 0.15) is 5.52 Å². The highest BCUT2D eigenvalue weighted by atomic mass is 35.5. The van der Waals surface area contributed by atoms with E-state index in [1.807, 2.05) is 41.0 Å². The molecular formula is C26H26ClN5O2. The fraction of sp³-hybridized carbons (Fsp3) is 0.269. The molecule has 0 aliphatic heterocycles. The summed E-state index contributed by atoms with van der Waals surface area (Å²) in [5.41, 5.74) is 10.2. The van der Waals surface area contributed by atoms with E-state index in [0.29, 0.717) is 31.0 Å². The van der Waals surface area contributed by atoms with Gasteiger partial charge in [0.25, 0.3) is 0 Å². The number of rotatable bonds is 8. The fourth-order valence-corrected chi connectivity index (χ4v) is 4.71. The van der Waals surface area contributed by atoms with Crippen LogP contribution >= 0.6 is 11.6 Å². The first-order valence-electron chi connectivity index (χ1n) is 11.2. The van der Waals surface area contributed by atoms with Crippen LogP contribution in [0.4, 0.5) is 5.95 Å². The normalized spacial score (nSPS) is 20.3. The number of aromatic nitrogens is 4. The number of nitrogen functional groups attached to an aromatic ring is 1. The zero-order valence-corrected chi connectivity index (χ0v) is 19.4. The van der Waals surface area contributed by atoms with Crippen molar-refractivity contribution in [2.45, 2.75) is 31.8 Å². The Morgan fingerprint density at radius 1 is 1.00 bits per heavy atom. The third kappa shape index (κ3) is 4.68. The van der Waals surface area contributed by atoms with Gasteiger partial charge in [-0.3, -0.25) is 0 Å². The van der Waals surface area contributed by atoms with Crippen molar-refractivity contribution in [2.24, 2.45) is 5.92 Å². The standard InChI is InChI=1S/C26H26ClN5O2/c1-17-20(15-33-13-18-8-4-2-5-9-18)22(34-14-19-10-6-3-7-11-19)12-21(17)32-16-29-23-24(27)30-26(28)31-25(23)32/h2-11,16,20-22H,1,12-15H2,(H2,28,30,31)/t20-,21-,22-/m0/s1. The zero-order valence-electron chi connectivity index (χ0n) is 18.7. The van der Waals surface area contributed by atoms with Gasteiger partial charge in [0.15, 0.2) is 10.8 Å². The van der Waals surface area contributed by atoms with Crippen molar-refractivity contribution in [3.63, 3.8) is 0 Å². The van der Waals surface area contributed by atoms with Crippen molar-refractivity contribution in [3.8, 4) is 0 Å². The highest BCUT2D eigenvalue weighted by Gasteiger charge is 2.40. The molecule has 0 unspecified atom stereocenters. The van der Waals surface area contributed by atoms with E-state index in [-0.39, 0.29) is 29.2 Å².